The van der Waals surface area contributed by atoms with Crippen molar-refractivity contribution in [3.8, 4) is 6.07 Å². The second-order valence-corrected chi connectivity index (χ2v) is 8.98. The van der Waals surface area contributed by atoms with Crippen molar-refractivity contribution in [1.82, 2.24) is 4.90 Å². The molecule has 0 aromatic carbocycles. The van der Waals surface area contributed by atoms with E-state index in [4.69, 9.17) is 17.0 Å². The zero-order valence-electron chi connectivity index (χ0n) is 13.4. The number of nitrogens with zero attached hydrogens (tertiary/aromatic N) is 2. The molecule has 0 bridgehead atoms. The van der Waals surface area contributed by atoms with Gasteiger partial charge in [-0.15, -0.1) is 11.8 Å². The summed E-state index contributed by atoms with van der Waals surface area (Å²) >= 11 is 7.95. The number of rotatable bonds is 8. The summed E-state index contributed by atoms with van der Waals surface area (Å²) in [6.07, 6.45) is 2.73. The molecular formula is C15H18N2O4S3. The van der Waals surface area contributed by atoms with Crippen LogP contribution < -0.4 is 0 Å². The maximum Gasteiger partial charge on any atom is 0.305 e. The van der Waals surface area contributed by atoms with E-state index in [2.05, 4.69) is 6.07 Å². The fourth-order valence-corrected chi connectivity index (χ4v) is 4.68. The maximum absolute atomic E-state index is 11.8. The lowest BCUT2D eigenvalue weighted by Crippen LogP contribution is -2.33. The summed E-state index contributed by atoms with van der Waals surface area (Å²) in [6, 6.07) is 2.18. The molecule has 2 amide bonds. The number of hydrogen-bond acceptors (Lipinski definition) is 8. The first-order chi connectivity index (χ1) is 11.3. The summed E-state index contributed by atoms with van der Waals surface area (Å²) in [7, 11) is 0. The summed E-state index contributed by atoms with van der Waals surface area (Å²) in [6.45, 7) is 3.68. The fraction of sp³-hybridized carbons (Fsp3) is 0.533. The van der Waals surface area contributed by atoms with Crippen molar-refractivity contribution in [2.45, 2.75) is 31.4 Å². The predicted molar refractivity (Wildman–Crippen MR) is 98.4 cm³/mol. The van der Waals surface area contributed by atoms with Crippen LogP contribution in [-0.4, -0.2) is 49.9 Å². The topological polar surface area (TPSA) is 87.5 Å². The highest BCUT2D eigenvalue weighted by Gasteiger charge is 2.28. The molecule has 6 nitrogen and oxygen atoms in total. The minimum Gasteiger partial charge on any atom is -0.464 e. The Bertz CT molecular complexity index is 582. The molecule has 0 aromatic heterocycles. The normalized spacial score (nSPS) is 16.0. The number of hydrogen-bond donors (Lipinski definition) is 0. The quantitative estimate of drug-likeness (QED) is 0.357. The number of imide groups is 1. The minimum absolute atomic E-state index is 0.0257. The van der Waals surface area contributed by atoms with Crippen LogP contribution in [0.15, 0.2) is 12.2 Å². The van der Waals surface area contributed by atoms with Crippen LogP contribution in [0.5, 0.6) is 0 Å². The number of ether oxygens (including phenoxy) is 1. The molecule has 130 valence electrons. The van der Waals surface area contributed by atoms with Gasteiger partial charge in [-0.05, 0) is 19.1 Å². The van der Waals surface area contributed by atoms with Crippen molar-refractivity contribution in [1.29, 1.82) is 5.26 Å². The molecule has 0 saturated carbocycles. The van der Waals surface area contributed by atoms with Gasteiger partial charge in [-0.2, -0.15) is 5.26 Å². The van der Waals surface area contributed by atoms with Crippen molar-refractivity contribution in [2.24, 2.45) is 0 Å². The molecule has 1 aliphatic rings. The van der Waals surface area contributed by atoms with E-state index >= 15 is 0 Å². The monoisotopic (exact) mass is 386 g/mol. The van der Waals surface area contributed by atoms with Gasteiger partial charge in [0.05, 0.1) is 12.6 Å². The average Bonchev–Trinajstić information content (AvgIpc) is 2.85. The highest BCUT2D eigenvalue weighted by molar-refractivity contribution is 8.47. The van der Waals surface area contributed by atoms with E-state index in [1.807, 2.05) is 6.92 Å². The standard InChI is InChI=1S/C15H18N2O4S3/c1-3-23-14(22)24-15(2,10-16)7-6-13(20)21-9-8-17-11(18)4-5-12(17)19/h4-5H,3,6-9H2,1-2H3. The van der Waals surface area contributed by atoms with Crippen molar-refractivity contribution >= 4 is 57.1 Å². The van der Waals surface area contributed by atoms with Crippen LogP contribution in [0.25, 0.3) is 0 Å². The minimum atomic E-state index is -0.789. The van der Waals surface area contributed by atoms with Crippen LogP contribution >= 0.6 is 35.7 Å². The first-order valence-electron chi connectivity index (χ1n) is 7.27. The zero-order chi connectivity index (χ0) is 18.2. The Hall–Kier alpha value is -1.37. The summed E-state index contributed by atoms with van der Waals surface area (Å²) < 4.78 is 4.91. The van der Waals surface area contributed by atoms with E-state index in [-0.39, 0.29) is 19.6 Å². The van der Waals surface area contributed by atoms with Crippen LogP contribution in [0.3, 0.4) is 0 Å². The number of thiocarbonyl (C=S) groups is 1. The van der Waals surface area contributed by atoms with Gasteiger partial charge in [0, 0.05) is 18.6 Å². The van der Waals surface area contributed by atoms with E-state index in [0.29, 0.717) is 9.95 Å². The Morgan fingerprint density at radius 1 is 1.42 bits per heavy atom. The molecule has 9 heteroatoms. The lowest BCUT2D eigenvalue weighted by molar-refractivity contribution is -0.147. The first kappa shape index (κ1) is 20.7. The van der Waals surface area contributed by atoms with Crippen LogP contribution in [-0.2, 0) is 19.1 Å². The lowest BCUT2D eigenvalue weighted by Gasteiger charge is -2.20. The van der Waals surface area contributed by atoms with Crippen LogP contribution in [0.4, 0.5) is 0 Å². The Labute approximate surface area is 155 Å². The largest absolute Gasteiger partial charge is 0.464 e. The number of esters is 1. The van der Waals surface area contributed by atoms with E-state index in [1.165, 1.54) is 35.7 Å². The van der Waals surface area contributed by atoms with E-state index < -0.39 is 22.5 Å². The third kappa shape index (κ3) is 6.63. The molecule has 0 spiro atoms. The van der Waals surface area contributed by atoms with Gasteiger partial charge in [0.15, 0.2) is 0 Å². The van der Waals surface area contributed by atoms with Gasteiger partial charge in [-0.25, -0.2) is 0 Å². The molecule has 0 saturated heterocycles. The van der Waals surface area contributed by atoms with Crippen molar-refractivity contribution in [2.75, 3.05) is 18.9 Å². The summed E-state index contributed by atoms with van der Waals surface area (Å²) in [5.74, 6) is -0.464. The van der Waals surface area contributed by atoms with Gasteiger partial charge >= 0.3 is 5.97 Å². The molecule has 1 aliphatic heterocycles. The lowest BCUT2D eigenvalue weighted by atomic mass is 10.1. The molecule has 0 radical (unpaired) electrons. The van der Waals surface area contributed by atoms with Gasteiger partial charge in [-0.3, -0.25) is 19.3 Å². The van der Waals surface area contributed by atoms with Crippen LogP contribution in [0.1, 0.15) is 26.7 Å². The van der Waals surface area contributed by atoms with Crippen LogP contribution in [0, 0.1) is 11.3 Å². The summed E-state index contributed by atoms with van der Waals surface area (Å²) in [5, 5.41) is 9.31. The Kier molecular flexibility index (Phi) is 8.45. The van der Waals surface area contributed by atoms with Crippen molar-refractivity contribution in [3.05, 3.63) is 12.2 Å². The molecule has 1 atom stereocenters. The Morgan fingerprint density at radius 2 is 2.04 bits per heavy atom. The number of thioether (sulfide) groups is 2. The highest BCUT2D eigenvalue weighted by atomic mass is 32.2. The Morgan fingerprint density at radius 3 is 2.58 bits per heavy atom. The van der Waals surface area contributed by atoms with Gasteiger partial charge in [0.2, 0.25) is 0 Å². The summed E-state index contributed by atoms with van der Waals surface area (Å²) in [5.41, 5.74) is 0. The van der Waals surface area contributed by atoms with E-state index in [0.717, 1.165) is 10.7 Å². The molecule has 0 fully saturated rings. The van der Waals surface area contributed by atoms with E-state index in [1.54, 1.807) is 6.92 Å². The van der Waals surface area contributed by atoms with Gasteiger partial charge in [-0.1, -0.05) is 30.9 Å². The molecule has 1 unspecified atom stereocenters. The molecule has 0 aliphatic carbocycles. The molecule has 0 N–H and O–H groups in total. The first-order valence-corrected chi connectivity index (χ1v) is 9.48. The van der Waals surface area contributed by atoms with Gasteiger partial charge < -0.3 is 4.74 Å². The van der Waals surface area contributed by atoms with Crippen molar-refractivity contribution < 1.29 is 19.1 Å². The molecule has 0 aromatic rings. The number of carbonyl (C=O) groups excluding carboxylic acids is 3. The summed E-state index contributed by atoms with van der Waals surface area (Å²) in [4.78, 5) is 35.4. The molecule has 1 rings (SSSR count). The number of amides is 2. The zero-order valence-corrected chi connectivity index (χ0v) is 15.9. The third-order valence-electron chi connectivity index (χ3n) is 3.09. The molecule has 24 heavy (non-hydrogen) atoms. The second kappa shape index (κ2) is 9.81. The highest BCUT2D eigenvalue weighted by Crippen LogP contribution is 2.34. The molecular weight excluding hydrogens is 368 g/mol. The van der Waals surface area contributed by atoms with Crippen molar-refractivity contribution in [3.63, 3.8) is 0 Å². The fourth-order valence-electron chi connectivity index (χ4n) is 1.78. The number of carbonyl (C=O) groups is 3. The maximum atomic E-state index is 11.8. The van der Waals surface area contributed by atoms with Crippen LogP contribution in [0.2, 0.25) is 0 Å². The van der Waals surface area contributed by atoms with E-state index in [9.17, 15) is 19.6 Å². The van der Waals surface area contributed by atoms with Gasteiger partial charge in [0.1, 0.15) is 14.9 Å². The smallest absolute Gasteiger partial charge is 0.305 e. The second-order valence-electron chi connectivity index (χ2n) is 5.01. The van der Waals surface area contributed by atoms with Gasteiger partial charge in [0.25, 0.3) is 11.8 Å². The Balaban J connectivity index is 2.34. The SMILES string of the molecule is CCSC(=S)SC(C)(C#N)CCC(=O)OCCN1C(=O)C=CC1=O. The average molecular weight is 387 g/mol. The number of nitriles is 1. The third-order valence-corrected chi connectivity index (χ3v) is 5.74. The predicted octanol–water partition coefficient (Wildman–Crippen LogP) is 2.29. The molecule has 1 heterocycles.